The summed E-state index contributed by atoms with van der Waals surface area (Å²) in [6.45, 7) is 2.01. The first kappa shape index (κ1) is 14.9. The third-order valence-electron chi connectivity index (χ3n) is 4.12. The SMILES string of the molecule is COc1ccc(C(C)NC(=O)C2CCC(N)CC2)cc1. The van der Waals surface area contributed by atoms with Crippen molar-refractivity contribution in [1.29, 1.82) is 0 Å². The second-order valence-corrected chi connectivity index (χ2v) is 5.62. The van der Waals surface area contributed by atoms with Crippen molar-refractivity contribution in [3.63, 3.8) is 0 Å². The molecule has 0 saturated heterocycles. The van der Waals surface area contributed by atoms with Gasteiger partial charge in [0.05, 0.1) is 13.2 Å². The second-order valence-electron chi connectivity index (χ2n) is 5.62. The van der Waals surface area contributed by atoms with E-state index in [1.165, 1.54) is 0 Å². The number of nitrogens with two attached hydrogens (primary N) is 1. The van der Waals surface area contributed by atoms with Gasteiger partial charge in [-0.1, -0.05) is 12.1 Å². The maximum absolute atomic E-state index is 12.2. The highest BCUT2D eigenvalue weighted by atomic mass is 16.5. The Morgan fingerprint density at radius 1 is 1.25 bits per heavy atom. The summed E-state index contributed by atoms with van der Waals surface area (Å²) in [6.07, 6.45) is 3.72. The first-order valence-corrected chi connectivity index (χ1v) is 7.30. The summed E-state index contributed by atoms with van der Waals surface area (Å²) < 4.78 is 5.14. The number of nitrogens with one attached hydrogen (secondary N) is 1. The predicted octanol–water partition coefficient (Wildman–Crippen LogP) is 2.39. The third-order valence-corrected chi connectivity index (χ3v) is 4.12. The molecule has 1 aromatic carbocycles. The minimum atomic E-state index is 0.0176. The van der Waals surface area contributed by atoms with Gasteiger partial charge >= 0.3 is 0 Å². The fraction of sp³-hybridized carbons (Fsp3) is 0.562. The molecule has 0 bridgehead atoms. The Morgan fingerprint density at radius 2 is 1.85 bits per heavy atom. The zero-order valence-corrected chi connectivity index (χ0v) is 12.3. The summed E-state index contributed by atoms with van der Waals surface area (Å²) in [7, 11) is 1.65. The molecule has 2 rings (SSSR count). The molecular weight excluding hydrogens is 252 g/mol. The van der Waals surface area contributed by atoms with Crippen molar-refractivity contribution < 1.29 is 9.53 Å². The van der Waals surface area contributed by atoms with E-state index in [0.29, 0.717) is 0 Å². The number of ether oxygens (including phenoxy) is 1. The summed E-state index contributed by atoms with van der Waals surface area (Å²) >= 11 is 0. The average molecular weight is 276 g/mol. The van der Waals surface area contributed by atoms with Gasteiger partial charge in [0.2, 0.25) is 5.91 Å². The van der Waals surface area contributed by atoms with Crippen LogP contribution in [0.15, 0.2) is 24.3 Å². The Balaban J connectivity index is 1.89. The van der Waals surface area contributed by atoms with Crippen LogP contribution in [0.3, 0.4) is 0 Å². The van der Waals surface area contributed by atoms with Gasteiger partial charge in [0.15, 0.2) is 0 Å². The van der Waals surface area contributed by atoms with E-state index in [9.17, 15) is 4.79 Å². The number of carbonyl (C=O) groups excluding carboxylic acids is 1. The molecule has 0 aliphatic heterocycles. The van der Waals surface area contributed by atoms with Crippen LogP contribution in [0.4, 0.5) is 0 Å². The van der Waals surface area contributed by atoms with E-state index < -0.39 is 0 Å². The lowest BCUT2D eigenvalue weighted by atomic mass is 9.85. The first-order valence-electron chi connectivity index (χ1n) is 7.30. The molecule has 1 amide bonds. The highest BCUT2D eigenvalue weighted by Crippen LogP contribution is 2.24. The molecule has 4 nitrogen and oxygen atoms in total. The quantitative estimate of drug-likeness (QED) is 0.887. The third kappa shape index (κ3) is 3.73. The van der Waals surface area contributed by atoms with E-state index in [4.69, 9.17) is 10.5 Å². The second kappa shape index (κ2) is 6.75. The molecule has 4 heteroatoms. The van der Waals surface area contributed by atoms with Gasteiger partial charge in [0.25, 0.3) is 0 Å². The van der Waals surface area contributed by atoms with E-state index in [0.717, 1.165) is 37.0 Å². The Bertz CT molecular complexity index is 436. The Labute approximate surface area is 120 Å². The first-order chi connectivity index (χ1) is 9.60. The molecule has 3 N–H and O–H groups in total. The van der Waals surface area contributed by atoms with Crippen LogP contribution in [0.25, 0.3) is 0 Å². The lowest BCUT2D eigenvalue weighted by molar-refractivity contribution is -0.126. The molecule has 1 aliphatic rings. The topological polar surface area (TPSA) is 64.3 Å². The average Bonchev–Trinajstić information content (AvgIpc) is 2.48. The summed E-state index contributed by atoms with van der Waals surface area (Å²) in [6, 6.07) is 8.10. The fourth-order valence-corrected chi connectivity index (χ4v) is 2.69. The van der Waals surface area contributed by atoms with Crippen molar-refractivity contribution in [2.75, 3.05) is 7.11 Å². The van der Waals surface area contributed by atoms with Crippen LogP contribution in [0, 0.1) is 5.92 Å². The maximum atomic E-state index is 12.2. The molecule has 1 unspecified atom stereocenters. The highest BCUT2D eigenvalue weighted by molar-refractivity contribution is 5.79. The molecule has 0 aromatic heterocycles. The van der Waals surface area contributed by atoms with Crippen LogP contribution in [0.1, 0.15) is 44.2 Å². The van der Waals surface area contributed by atoms with Crippen LogP contribution in [0.2, 0.25) is 0 Å². The maximum Gasteiger partial charge on any atom is 0.223 e. The number of rotatable bonds is 4. The van der Waals surface area contributed by atoms with Crippen molar-refractivity contribution >= 4 is 5.91 Å². The highest BCUT2D eigenvalue weighted by Gasteiger charge is 2.25. The molecule has 0 radical (unpaired) electrons. The van der Waals surface area contributed by atoms with Gasteiger partial charge < -0.3 is 15.8 Å². The Hall–Kier alpha value is -1.55. The summed E-state index contributed by atoms with van der Waals surface area (Å²) in [4.78, 5) is 12.2. The Kier molecular flexibility index (Phi) is 5.01. The van der Waals surface area contributed by atoms with Gasteiger partial charge in [-0.3, -0.25) is 4.79 Å². The fourth-order valence-electron chi connectivity index (χ4n) is 2.69. The number of methoxy groups -OCH3 is 1. The smallest absolute Gasteiger partial charge is 0.223 e. The molecule has 1 aromatic rings. The van der Waals surface area contributed by atoms with E-state index in [1.807, 2.05) is 31.2 Å². The minimum absolute atomic E-state index is 0.0176. The monoisotopic (exact) mass is 276 g/mol. The van der Waals surface area contributed by atoms with Gasteiger partial charge in [-0.15, -0.1) is 0 Å². The summed E-state index contributed by atoms with van der Waals surface area (Å²) in [5.74, 6) is 1.10. The minimum Gasteiger partial charge on any atom is -0.497 e. The van der Waals surface area contributed by atoms with Crippen LogP contribution in [-0.2, 0) is 4.79 Å². The van der Waals surface area contributed by atoms with Crippen LogP contribution >= 0.6 is 0 Å². The standard InChI is InChI=1S/C16H24N2O2/c1-11(12-5-9-15(20-2)10-6-12)18-16(19)13-3-7-14(17)8-4-13/h5-6,9-11,13-14H,3-4,7-8,17H2,1-2H3,(H,18,19). The molecule has 20 heavy (non-hydrogen) atoms. The number of carbonyl (C=O) groups is 1. The van der Waals surface area contributed by atoms with Crippen molar-refractivity contribution in [2.45, 2.75) is 44.7 Å². The molecule has 1 aliphatic carbocycles. The van der Waals surface area contributed by atoms with E-state index in [2.05, 4.69) is 5.32 Å². The zero-order valence-electron chi connectivity index (χ0n) is 12.3. The van der Waals surface area contributed by atoms with E-state index >= 15 is 0 Å². The molecule has 1 atom stereocenters. The van der Waals surface area contributed by atoms with Gasteiger partial charge in [-0.25, -0.2) is 0 Å². The molecule has 0 spiro atoms. The lowest BCUT2D eigenvalue weighted by Gasteiger charge is -2.26. The molecule has 1 saturated carbocycles. The Morgan fingerprint density at radius 3 is 2.40 bits per heavy atom. The van der Waals surface area contributed by atoms with Gasteiger partial charge in [-0.05, 0) is 50.3 Å². The van der Waals surface area contributed by atoms with Crippen LogP contribution in [-0.4, -0.2) is 19.1 Å². The predicted molar refractivity (Wildman–Crippen MR) is 79.5 cm³/mol. The lowest BCUT2D eigenvalue weighted by Crippen LogP contribution is -2.37. The van der Waals surface area contributed by atoms with Crippen molar-refractivity contribution in [2.24, 2.45) is 11.7 Å². The van der Waals surface area contributed by atoms with Crippen molar-refractivity contribution in [1.82, 2.24) is 5.32 Å². The van der Waals surface area contributed by atoms with E-state index in [1.54, 1.807) is 7.11 Å². The molecule has 1 fully saturated rings. The van der Waals surface area contributed by atoms with Crippen molar-refractivity contribution in [3.8, 4) is 5.75 Å². The summed E-state index contributed by atoms with van der Waals surface area (Å²) in [5, 5.41) is 3.10. The number of benzene rings is 1. The van der Waals surface area contributed by atoms with Crippen LogP contribution < -0.4 is 15.8 Å². The molecular formula is C16H24N2O2. The normalized spacial score (nSPS) is 23.9. The number of hydrogen-bond donors (Lipinski definition) is 2. The van der Waals surface area contributed by atoms with Gasteiger partial charge in [0.1, 0.15) is 5.75 Å². The van der Waals surface area contributed by atoms with Crippen molar-refractivity contribution in [3.05, 3.63) is 29.8 Å². The molecule has 110 valence electrons. The molecule has 0 heterocycles. The van der Waals surface area contributed by atoms with Gasteiger partial charge in [-0.2, -0.15) is 0 Å². The number of amides is 1. The van der Waals surface area contributed by atoms with E-state index in [-0.39, 0.29) is 23.9 Å². The zero-order chi connectivity index (χ0) is 14.5. The summed E-state index contributed by atoms with van der Waals surface area (Å²) in [5.41, 5.74) is 6.96. The number of hydrogen-bond acceptors (Lipinski definition) is 3. The van der Waals surface area contributed by atoms with Crippen LogP contribution in [0.5, 0.6) is 5.75 Å². The van der Waals surface area contributed by atoms with Gasteiger partial charge in [0, 0.05) is 12.0 Å². The largest absolute Gasteiger partial charge is 0.497 e.